The Bertz CT molecular complexity index is 615. The number of nitrogens with zero attached hydrogens (tertiary/aromatic N) is 1. The van der Waals surface area contributed by atoms with Gasteiger partial charge in [0, 0.05) is 32.4 Å². The second-order valence-corrected chi connectivity index (χ2v) is 7.69. The number of benzene rings is 1. The van der Waals surface area contributed by atoms with Crippen LogP contribution < -0.4 is 5.32 Å². The van der Waals surface area contributed by atoms with Crippen molar-refractivity contribution < 1.29 is 13.2 Å². The van der Waals surface area contributed by atoms with E-state index in [1.165, 1.54) is 0 Å². The first-order chi connectivity index (χ1) is 10.1. The van der Waals surface area contributed by atoms with Crippen LogP contribution in [-0.4, -0.2) is 46.1 Å². The standard InChI is InChI=1S/C15H22N2O3S/c1-20-11-12-7-9-17(10-12)21(18,19)15-6-2-5-14-13(15)4-3-8-16-14/h2,5-6,12,16H,3-4,7-11H2,1H3. The van der Waals surface area contributed by atoms with Gasteiger partial charge in [0.15, 0.2) is 0 Å². The fourth-order valence-corrected chi connectivity index (χ4v) is 5.05. The molecule has 0 radical (unpaired) electrons. The number of anilines is 1. The van der Waals surface area contributed by atoms with E-state index in [1.54, 1.807) is 17.5 Å². The molecule has 0 amide bonds. The Hall–Kier alpha value is -1.11. The molecule has 1 saturated heterocycles. The van der Waals surface area contributed by atoms with Gasteiger partial charge >= 0.3 is 0 Å². The first kappa shape index (κ1) is 14.8. The van der Waals surface area contributed by atoms with Gasteiger partial charge in [-0.1, -0.05) is 6.07 Å². The highest BCUT2D eigenvalue weighted by atomic mass is 32.2. The summed E-state index contributed by atoms with van der Waals surface area (Å²) in [6.07, 6.45) is 2.68. The zero-order valence-electron chi connectivity index (χ0n) is 12.3. The highest BCUT2D eigenvalue weighted by molar-refractivity contribution is 7.89. The van der Waals surface area contributed by atoms with Crippen LogP contribution in [0, 0.1) is 5.92 Å². The van der Waals surface area contributed by atoms with Gasteiger partial charge in [-0.25, -0.2) is 8.42 Å². The minimum Gasteiger partial charge on any atom is -0.385 e. The van der Waals surface area contributed by atoms with Crippen molar-refractivity contribution >= 4 is 15.7 Å². The first-order valence-electron chi connectivity index (χ1n) is 7.48. The van der Waals surface area contributed by atoms with Crippen LogP contribution in [0.2, 0.25) is 0 Å². The molecule has 1 fully saturated rings. The summed E-state index contributed by atoms with van der Waals surface area (Å²) < 4.78 is 32.6. The summed E-state index contributed by atoms with van der Waals surface area (Å²) in [7, 11) is -1.73. The third-order valence-electron chi connectivity index (χ3n) is 4.32. The van der Waals surface area contributed by atoms with Crippen LogP contribution in [-0.2, 0) is 21.2 Å². The highest BCUT2D eigenvalue weighted by Gasteiger charge is 2.34. The summed E-state index contributed by atoms with van der Waals surface area (Å²) in [6, 6.07) is 5.53. The third-order valence-corrected chi connectivity index (χ3v) is 6.27. The molecule has 0 saturated carbocycles. The summed E-state index contributed by atoms with van der Waals surface area (Å²) in [5.41, 5.74) is 1.91. The van der Waals surface area contributed by atoms with E-state index in [1.807, 2.05) is 12.1 Å². The molecule has 1 aromatic rings. The summed E-state index contributed by atoms with van der Waals surface area (Å²) in [6.45, 7) is 2.69. The van der Waals surface area contributed by atoms with E-state index in [4.69, 9.17) is 4.74 Å². The minimum atomic E-state index is -3.39. The predicted molar refractivity (Wildman–Crippen MR) is 82.0 cm³/mol. The van der Waals surface area contributed by atoms with Crippen LogP contribution in [0.5, 0.6) is 0 Å². The van der Waals surface area contributed by atoms with Crippen molar-refractivity contribution in [2.45, 2.75) is 24.2 Å². The van der Waals surface area contributed by atoms with Crippen LogP contribution in [0.3, 0.4) is 0 Å². The smallest absolute Gasteiger partial charge is 0.243 e. The maximum atomic E-state index is 12.9. The van der Waals surface area contributed by atoms with Gasteiger partial charge in [-0.15, -0.1) is 0 Å². The van der Waals surface area contributed by atoms with Gasteiger partial charge in [-0.05, 0) is 42.9 Å². The first-order valence-corrected chi connectivity index (χ1v) is 8.92. The lowest BCUT2D eigenvalue weighted by atomic mass is 10.0. The number of fused-ring (bicyclic) bond motifs is 1. The summed E-state index contributed by atoms with van der Waals surface area (Å²) in [5.74, 6) is 0.308. The largest absolute Gasteiger partial charge is 0.385 e. The molecule has 116 valence electrons. The van der Waals surface area contributed by atoms with E-state index in [-0.39, 0.29) is 0 Å². The average molecular weight is 310 g/mol. The Morgan fingerprint density at radius 2 is 2.29 bits per heavy atom. The number of ether oxygens (including phenoxy) is 1. The number of methoxy groups -OCH3 is 1. The van der Waals surface area contributed by atoms with Gasteiger partial charge in [0.05, 0.1) is 11.5 Å². The number of nitrogens with one attached hydrogen (secondary N) is 1. The molecule has 1 N–H and O–H groups in total. The lowest BCUT2D eigenvalue weighted by Gasteiger charge is -2.23. The second-order valence-electron chi connectivity index (χ2n) is 5.79. The summed E-state index contributed by atoms with van der Waals surface area (Å²) in [5, 5.41) is 3.29. The lowest BCUT2D eigenvalue weighted by molar-refractivity contribution is 0.157. The van der Waals surface area contributed by atoms with Crippen LogP contribution in [0.15, 0.2) is 23.1 Å². The quantitative estimate of drug-likeness (QED) is 0.919. The van der Waals surface area contributed by atoms with Gasteiger partial charge in [-0.2, -0.15) is 4.31 Å². The molecular formula is C15H22N2O3S. The van der Waals surface area contributed by atoms with Crippen molar-refractivity contribution in [2.24, 2.45) is 5.92 Å². The molecule has 0 bridgehead atoms. The van der Waals surface area contributed by atoms with Crippen LogP contribution in [0.4, 0.5) is 5.69 Å². The minimum absolute atomic E-state index is 0.308. The SMILES string of the molecule is COCC1CCN(S(=O)(=O)c2cccc3c2CCCN3)C1. The number of hydrogen-bond acceptors (Lipinski definition) is 4. The van der Waals surface area contributed by atoms with Gasteiger partial charge in [0.1, 0.15) is 0 Å². The Kier molecular flexibility index (Phi) is 4.19. The number of sulfonamides is 1. The molecule has 6 heteroatoms. The molecule has 2 aliphatic heterocycles. The highest BCUT2D eigenvalue weighted by Crippen LogP contribution is 2.32. The monoisotopic (exact) mass is 310 g/mol. The summed E-state index contributed by atoms with van der Waals surface area (Å²) in [4.78, 5) is 0.477. The zero-order chi connectivity index (χ0) is 14.9. The second kappa shape index (κ2) is 5.94. The average Bonchev–Trinajstić information content (AvgIpc) is 2.96. The van der Waals surface area contributed by atoms with Crippen molar-refractivity contribution in [3.05, 3.63) is 23.8 Å². The van der Waals surface area contributed by atoms with Crippen LogP contribution >= 0.6 is 0 Å². The number of hydrogen-bond donors (Lipinski definition) is 1. The molecule has 0 spiro atoms. The van der Waals surface area contributed by atoms with Crippen LogP contribution in [0.25, 0.3) is 0 Å². The van der Waals surface area contributed by atoms with Crippen molar-refractivity contribution in [3.8, 4) is 0 Å². The van der Waals surface area contributed by atoms with Crippen molar-refractivity contribution in [3.63, 3.8) is 0 Å². The van der Waals surface area contributed by atoms with Crippen LogP contribution in [0.1, 0.15) is 18.4 Å². The molecular weight excluding hydrogens is 288 g/mol. The molecule has 0 aromatic heterocycles. The number of rotatable bonds is 4. The lowest BCUT2D eigenvalue weighted by Crippen LogP contribution is -2.31. The Morgan fingerprint density at radius 1 is 1.43 bits per heavy atom. The molecule has 0 aliphatic carbocycles. The topological polar surface area (TPSA) is 58.6 Å². The molecule has 5 nitrogen and oxygen atoms in total. The maximum Gasteiger partial charge on any atom is 0.243 e. The third kappa shape index (κ3) is 2.80. The van der Waals surface area contributed by atoms with E-state index in [9.17, 15) is 8.42 Å². The van der Waals surface area contributed by atoms with E-state index in [2.05, 4.69) is 5.32 Å². The van der Waals surface area contributed by atoms with E-state index >= 15 is 0 Å². The Balaban J connectivity index is 1.89. The van der Waals surface area contributed by atoms with Crippen molar-refractivity contribution in [1.82, 2.24) is 4.31 Å². The van der Waals surface area contributed by atoms with Gasteiger partial charge < -0.3 is 10.1 Å². The molecule has 21 heavy (non-hydrogen) atoms. The molecule has 1 atom stereocenters. The van der Waals surface area contributed by atoms with Gasteiger partial charge in [0.25, 0.3) is 0 Å². The molecule has 1 aromatic carbocycles. The van der Waals surface area contributed by atoms with Crippen molar-refractivity contribution in [1.29, 1.82) is 0 Å². The summed E-state index contributed by atoms with van der Waals surface area (Å²) >= 11 is 0. The zero-order valence-corrected chi connectivity index (χ0v) is 13.2. The molecule has 3 rings (SSSR count). The molecule has 1 unspecified atom stereocenters. The van der Waals surface area contributed by atoms with Crippen molar-refractivity contribution in [2.75, 3.05) is 38.7 Å². The molecule has 2 heterocycles. The fourth-order valence-electron chi connectivity index (χ4n) is 3.25. The predicted octanol–water partition coefficient (Wildman–Crippen LogP) is 1.70. The van der Waals surface area contributed by atoms with E-state index in [0.29, 0.717) is 30.5 Å². The van der Waals surface area contributed by atoms with E-state index < -0.39 is 10.0 Å². The normalized spacial score (nSPS) is 22.8. The van der Waals surface area contributed by atoms with Gasteiger partial charge in [-0.3, -0.25) is 0 Å². The Labute approximate surface area is 126 Å². The van der Waals surface area contributed by atoms with E-state index in [0.717, 1.165) is 37.1 Å². The maximum absolute atomic E-state index is 12.9. The van der Waals surface area contributed by atoms with Gasteiger partial charge in [0.2, 0.25) is 10.0 Å². The fraction of sp³-hybridized carbons (Fsp3) is 0.600. The molecule has 2 aliphatic rings. The Morgan fingerprint density at radius 3 is 3.10 bits per heavy atom.